The maximum atomic E-state index is 12.1. The van der Waals surface area contributed by atoms with Gasteiger partial charge < -0.3 is 10.1 Å². The number of hydrogen-bond donors (Lipinski definition) is 1. The Labute approximate surface area is 142 Å². The second-order valence-electron chi connectivity index (χ2n) is 4.99. The molecule has 1 atom stereocenters. The Morgan fingerprint density at radius 1 is 1.22 bits per heavy atom. The lowest BCUT2D eigenvalue weighted by molar-refractivity contribution is -0.115. The van der Waals surface area contributed by atoms with Crippen LogP contribution >= 0.6 is 23.1 Å². The summed E-state index contributed by atoms with van der Waals surface area (Å²) in [7, 11) is 0. The van der Waals surface area contributed by atoms with Gasteiger partial charge in [-0.05, 0) is 45.0 Å². The third-order valence-electron chi connectivity index (χ3n) is 2.72. The Morgan fingerprint density at radius 2 is 1.91 bits per heavy atom. The minimum absolute atomic E-state index is 0.136. The highest BCUT2D eigenvalue weighted by molar-refractivity contribution is 8.02. The van der Waals surface area contributed by atoms with Crippen LogP contribution in [0.1, 0.15) is 31.1 Å². The number of aromatic nitrogens is 2. The molecule has 0 aliphatic carbocycles. The predicted molar refractivity (Wildman–Crippen MR) is 90.9 cm³/mol. The number of hydrogen-bond acceptors (Lipinski definition) is 7. The zero-order valence-electron chi connectivity index (χ0n) is 13.0. The van der Waals surface area contributed by atoms with Gasteiger partial charge in [-0.2, -0.15) is 0 Å². The third-order valence-corrected chi connectivity index (χ3v) is 4.63. The molecular formula is C15H17N3O3S2. The Balaban J connectivity index is 1.92. The SMILES string of the molecule is CC(C)OC(=O)c1ccc(NC(=O)C(C)Sc2nncs2)cc1. The molecule has 8 heteroatoms. The molecule has 0 aliphatic heterocycles. The van der Waals surface area contributed by atoms with Gasteiger partial charge in [-0.25, -0.2) is 4.79 Å². The van der Waals surface area contributed by atoms with Gasteiger partial charge in [0.2, 0.25) is 5.91 Å². The molecule has 2 rings (SSSR count). The van der Waals surface area contributed by atoms with Crippen molar-refractivity contribution in [1.29, 1.82) is 0 Å². The van der Waals surface area contributed by atoms with Crippen molar-refractivity contribution in [2.24, 2.45) is 0 Å². The lowest BCUT2D eigenvalue weighted by Gasteiger charge is -2.11. The van der Waals surface area contributed by atoms with Gasteiger partial charge in [-0.1, -0.05) is 23.1 Å². The molecule has 1 heterocycles. The number of benzene rings is 1. The largest absolute Gasteiger partial charge is 0.459 e. The van der Waals surface area contributed by atoms with Crippen LogP contribution in [0.3, 0.4) is 0 Å². The van der Waals surface area contributed by atoms with Crippen molar-refractivity contribution in [2.45, 2.75) is 36.5 Å². The fraction of sp³-hybridized carbons (Fsp3) is 0.333. The van der Waals surface area contributed by atoms with E-state index in [1.54, 1.807) is 50.5 Å². The topological polar surface area (TPSA) is 81.2 Å². The molecule has 2 aromatic rings. The van der Waals surface area contributed by atoms with E-state index in [1.807, 2.05) is 0 Å². The number of ether oxygens (including phenoxy) is 1. The summed E-state index contributed by atoms with van der Waals surface area (Å²) in [6.45, 7) is 5.39. The van der Waals surface area contributed by atoms with E-state index in [4.69, 9.17) is 4.74 Å². The summed E-state index contributed by atoms with van der Waals surface area (Å²) in [4.78, 5) is 23.9. The average molecular weight is 351 g/mol. The molecule has 23 heavy (non-hydrogen) atoms. The smallest absolute Gasteiger partial charge is 0.338 e. The number of nitrogens with zero attached hydrogens (tertiary/aromatic N) is 2. The first kappa shape index (κ1) is 17.4. The fourth-order valence-corrected chi connectivity index (χ4v) is 3.26. The number of nitrogens with one attached hydrogen (secondary N) is 1. The van der Waals surface area contributed by atoms with Gasteiger partial charge in [0.15, 0.2) is 4.34 Å². The van der Waals surface area contributed by atoms with E-state index in [0.29, 0.717) is 11.3 Å². The van der Waals surface area contributed by atoms with Crippen LogP contribution < -0.4 is 5.32 Å². The van der Waals surface area contributed by atoms with Crippen molar-refractivity contribution in [2.75, 3.05) is 5.32 Å². The van der Waals surface area contributed by atoms with Crippen molar-refractivity contribution in [3.05, 3.63) is 35.3 Å². The third kappa shape index (κ3) is 5.33. The Morgan fingerprint density at radius 3 is 2.48 bits per heavy atom. The van der Waals surface area contributed by atoms with Crippen molar-refractivity contribution in [3.8, 4) is 0 Å². The number of carbonyl (C=O) groups is 2. The molecule has 1 unspecified atom stereocenters. The van der Waals surface area contributed by atoms with E-state index in [9.17, 15) is 9.59 Å². The van der Waals surface area contributed by atoms with E-state index in [0.717, 1.165) is 4.34 Å². The summed E-state index contributed by atoms with van der Waals surface area (Å²) >= 11 is 2.75. The highest BCUT2D eigenvalue weighted by atomic mass is 32.2. The maximum Gasteiger partial charge on any atom is 0.338 e. The van der Waals surface area contributed by atoms with Crippen LogP contribution in [-0.4, -0.2) is 33.4 Å². The maximum absolute atomic E-state index is 12.1. The molecule has 0 radical (unpaired) electrons. The normalized spacial score (nSPS) is 12.0. The van der Waals surface area contributed by atoms with E-state index >= 15 is 0 Å². The lowest BCUT2D eigenvalue weighted by atomic mass is 10.2. The van der Waals surface area contributed by atoms with Gasteiger partial charge in [-0.3, -0.25) is 4.79 Å². The number of amides is 1. The van der Waals surface area contributed by atoms with Crippen molar-refractivity contribution in [1.82, 2.24) is 10.2 Å². The van der Waals surface area contributed by atoms with Crippen LogP contribution in [0, 0.1) is 0 Å². The number of rotatable bonds is 6. The molecule has 0 saturated heterocycles. The first-order chi connectivity index (χ1) is 11.0. The Bertz CT molecular complexity index is 657. The van der Waals surface area contributed by atoms with Crippen molar-refractivity contribution >= 4 is 40.7 Å². The summed E-state index contributed by atoms with van der Waals surface area (Å²) in [6.07, 6.45) is -0.167. The quantitative estimate of drug-likeness (QED) is 0.636. The number of thioether (sulfide) groups is 1. The van der Waals surface area contributed by atoms with Gasteiger partial charge in [0.25, 0.3) is 0 Å². The molecule has 6 nitrogen and oxygen atoms in total. The van der Waals surface area contributed by atoms with Crippen LogP contribution in [0.4, 0.5) is 5.69 Å². The van der Waals surface area contributed by atoms with Crippen molar-refractivity contribution in [3.63, 3.8) is 0 Å². The molecule has 0 bridgehead atoms. The van der Waals surface area contributed by atoms with Gasteiger partial charge in [0.05, 0.1) is 16.9 Å². The first-order valence-electron chi connectivity index (χ1n) is 7.00. The molecule has 122 valence electrons. The molecule has 1 aromatic heterocycles. The molecule has 0 saturated carbocycles. The van der Waals surface area contributed by atoms with E-state index in [2.05, 4.69) is 15.5 Å². The van der Waals surface area contributed by atoms with Gasteiger partial charge in [-0.15, -0.1) is 10.2 Å². The standard InChI is InChI=1S/C15H17N3O3S2/c1-9(2)21-14(20)11-4-6-12(7-5-11)17-13(19)10(3)23-15-18-16-8-22-15/h4-10H,1-3H3,(H,17,19). The Hall–Kier alpha value is -1.93. The molecule has 0 aliphatic rings. The molecule has 1 N–H and O–H groups in total. The zero-order chi connectivity index (χ0) is 16.8. The lowest BCUT2D eigenvalue weighted by Crippen LogP contribution is -2.22. The van der Waals surface area contributed by atoms with Crippen LogP contribution in [0.2, 0.25) is 0 Å². The second kappa shape index (κ2) is 8.07. The van der Waals surface area contributed by atoms with Gasteiger partial charge in [0, 0.05) is 5.69 Å². The minimum Gasteiger partial charge on any atom is -0.459 e. The molecule has 0 fully saturated rings. The van der Waals surface area contributed by atoms with Crippen LogP contribution in [0.15, 0.2) is 34.1 Å². The summed E-state index contributed by atoms with van der Waals surface area (Å²) < 4.78 is 5.86. The zero-order valence-corrected chi connectivity index (χ0v) is 14.6. The van der Waals surface area contributed by atoms with E-state index in [-0.39, 0.29) is 23.2 Å². The van der Waals surface area contributed by atoms with Crippen LogP contribution in [0.5, 0.6) is 0 Å². The summed E-state index contributed by atoms with van der Waals surface area (Å²) in [6, 6.07) is 6.61. The van der Waals surface area contributed by atoms with E-state index < -0.39 is 0 Å². The highest BCUT2D eigenvalue weighted by Gasteiger charge is 2.16. The van der Waals surface area contributed by atoms with Gasteiger partial charge >= 0.3 is 5.97 Å². The van der Waals surface area contributed by atoms with Crippen LogP contribution in [0.25, 0.3) is 0 Å². The number of esters is 1. The monoisotopic (exact) mass is 351 g/mol. The first-order valence-corrected chi connectivity index (χ1v) is 8.76. The highest BCUT2D eigenvalue weighted by Crippen LogP contribution is 2.25. The van der Waals surface area contributed by atoms with E-state index in [1.165, 1.54) is 23.1 Å². The summed E-state index contributed by atoms with van der Waals surface area (Å²) in [5.41, 5.74) is 2.70. The van der Waals surface area contributed by atoms with Crippen molar-refractivity contribution < 1.29 is 14.3 Å². The minimum atomic E-state index is -0.377. The fourth-order valence-electron chi connectivity index (χ4n) is 1.63. The summed E-state index contributed by atoms with van der Waals surface area (Å²) in [5.74, 6) is -0.513. The molecular weight excluding hydrogens is 334 g/mol. The van der Waals surface area contributed by atoms with Gasteiger partial charge in [0.1, 0.15) is 5.51 Å². The average Bonchev–Trinajstić information content (AvgIpc) is 3.00. The second-order valence-corrected chi connectivity index (χ2v) is 7.41. The number of carbonyl (C=O) groups excluding carboxylic acids is 2. The molecule has 0 spiro atoms. The molecule has 1 amide bonds. The summed E-state index contributed by atoms with van der Waals surface area (Å²) in [5, 5.41) is 10.1. The Kier molecular flexibility index (Phi) is 6.12. The number of anilines is 1. The predicted octanol–water partition coefficient (Wildman–Crippen LogP) is 3.22. The molecule has 1 aromatic carbocycles. The van der Waals surface area contributed by atoms with Crippen LogP contribution in [-0.2, 0) is 9.53 Å².